The number of fused-ring (bicyclic) bond motifs is 1. The summed E-state index contributed by atoms with van der Waals surface area (Å²) in [6.07, 6.45) is 2.28. The molecular weight excluding hydrogens is 903 g/mol. The zero-order valence-corrected chi connectivity index (χ0v) is 44.5. The van der Waals surface area contributed by atoms with E-state index < -0.39 is 113 Å². The van der Waals surface area contributed by atoms with Crippen LogP contribution < -0.4 is 21.7 Å². The number of para-hydroxylation sites is 1. The largest absolute Gasteiger partial charge is 0.480 e. The highest BCUT2D eigenvalue weighted by atomic mass is 16.6. The fourth-order valence-electron chi connectivity index (χ4n) is 7.88. The lowest BCUT2D eigenvalue weighted by Crippen LogP contribution is -2.63. The van der Waals surface area contributed by atoms with Crippen LogP contribution in [0, 0.1) is 11.3 Å². The summed E-state index contributed by atoms with van der Waals surface area (Å²) >= 11 is 0. The molecular formula is C51H81N7O12. The van der Waals surface area contributed by atoms with Gasteiger partial charge in [0.25, 0.3) is 0 Å². The zero-order valence-electron chi connectivity index (χ0n) is 44.5. The minimum atomic E-state index is -1.55. The number of benzene rings is 1. The molecule has 6 N–H and O–H groups in total. The lowest BCUT2D eigenvalue weighted by Gasteiger charge is -2.42. The summed E-state index contributed by atoms with van der Waals surface area (Å²) in [5, 5.41) is 18.9. The van der Waals surface area contributed by atoms with Crippen molar-refractivity contribution in [2.24, 2.45) is 24.1 Å². The van der Waals surface area contributed by atoms with Gasteiger partial charge in [-0.15, -0.1) is 0 Å². The van der Waals surface area contributed by atoms with Gasteiger partial charge in [-0.1, -0.05) is 72.7 Å². The summed E-state index contributed by atoms with van der Waals surface area (Å²) in [4.78, 5) is 109. The van der Waals surface area contributed by atoms with Crippen LogP contribution in [0.15, 0.2) is 42.1 Å². The highest BCUT2D eigenvalue weighted by Crippen LogP contribution is 2.37. The van der Waals surface area contributed by atoms with E-state index in [1.54, 1.807) is 69.4 Å². The molecule has 392 valence electrons. The number of alkyl carbamates (subject to hydrolysis) is 1. The minimum absolute atomic E-state index is 0.0712. The maximum atomic E-state index is 14.9. The first-order valence-electron chi connectivity index (χ1n) is 23.8. The molecule has 0 aliphatic rings. The molecule has 1 aromatic carbocycles. The van der Waals surface area contributed by atoms with Crippen molar-refractivity contribution in [1.82, 2.24) is 30.3 Å². The van der Waals surface area contributed by atoms with E-state index in [4.69, 9.17) is 19.9 Å². The van der Waals surface area contributed by atoms with Crippen LogP contribution in [0.5, 0.6) is 0 Å². The molecule has 0 fully saturated rings. The third-order valence-electron chi connectivity index (χ3n) is 11.6. The number of amides is 5. The fourth-order valence-corrected chi connectivity index (χ4v) is 7.88. The molecule has 0 saturated carbocycles. The van der Waals surface area contributed by atoms with Crippen LogP contribution in [0.25, 0.3) is 10.9 Å². The molecule has 19 nitrogen and oxygen atoms in total. The average Bonchev–Trinajstić information content (AvgIpc) is 3.57. The molecule has 1 aromatic heterocycles. The molecule has 0 bridgehead atoms. The number of carboxylic acid groups (broad SMARTS) is 1. The van der Waals surface area contributed by atoms with Crippen LogP contribution in [0.4, 0.5) is 9.59 Å². The second-order valence-corrected chi connectivity index (χ2v) is 22.0. The number of aryl methyl sites for hydroxylation is 1. The van der Waals surface area contributed by atoms with Crippen molar-refractivity contribution in [3.8, 4) is 0 Å². The molecule has 70 heavy (non-hydrogen) atoms. The van der Waals surface area contributed by atoms with E-state index in [2.05, 4.69) is 16.0 Å². The van der Waals surface area contributed by atoms with Crippen molar-refractivity contribution >= 4 is 58.7 Å². The number of nitrogens with one attached hydrogen (secondary N) is 3. The van der Waals surface area contributed by atoms with Gasteiger partial charge in [-0.2, -0.15) is 0 Å². The van der Waals surface area contributed by atoms with Crippen LogP contribution in [0.1, 0.15) is 135 Å². The van der Waals surface area contributed by atoms with E-state index in [9.17, 15) is 43.5 Å². The van der Waals surface area contributed by atoms with Gasteiger partial charge in [-0.25, -0.2) is 19.2 Å². The van der Waals surface area contributed by atoms with Crippen molar-refractivity contribution in [2.75, 3.05) is 20.6 Å². The number of aliphatic carboxylic acids is 1. The summed E-state index contributed by atoms with van der Waals surface area (Å²) in [7, 11) is 4.95. The topological polar surface area (TPSA) is 258 Å². The number of ether oxygens (including phenoxy) is 3. The SMILES string of the molecule is C/C(=C\[C@H](C(C)C)N(C)C(=O)[C@@H](NC(=O)[C@@H](N(C)C(=O)OC(C)(C)C)C(C)(C)c1cn(C)c2ccccc12)C(C)(C)C)C(=O)N[C@H](CCC(=O)OC(=O)[C@H](N)CCCCNC(=O)OC(C)(C)C)C(=O)O. The second-order valence-electron chi connectivity index (χ2n) is 22.0. The standard InChI is InChI=1S/C51H81N7O12/c1-30(2)37(28-31(3)41(60)54-35(44(63)64)25-26-38(59)68-45(65)34(52)23-20-21-27-53-46(66)69-49(7,8)9)57(16)43(62)39(48(4,5)6)55-42(61)40(58(17)47(67)70-50(10,11)12)51(13,14)33-29-56(15)36-24-19-18-22-32(33)36/h18-19,22,24,28-30,34-35,37,39-40H,20-21,23,25-27,52H2,1-17H3,(H,53,66)(H,54,60)(H,55,61)(H,63,64)/b31-28+/t34-,35-,37-,39-,40-/m1/s1. The Balaban J connectivity index is 2.27. The Morgan fingerprint density at radius 1 is 0.829 bits per heavy atom. The summed E-state index contributed by atoms with van der Waals surface area (Å²) in [5.74, 6) is -5.62. The first kappa shape index (κ1) is 60.1. The highest BCUT2D eigenvalue weighted by molar-refractivity contribution is 5.97. The van der Waals surface area contributed by atoms with Crippen molar-refractivity contribution < 1.29 is 57.7 Å². The van der Waals surface area contributed by atoms with Crippen molar-refractivity contribution in [1.29, 1.82) is 0 Å². The van der Waals surface area contributed by atoms with E-state index in [1.165, 1.54) is 29.8 Å². The molecule has 0 saturated heterocycles. The normalized spacial score (nSPS) is 14.6. The first-order valence-corrected chi connectivity index (χ1v) is 23.8. The summed E-state index contributed by atoms with van der Waals surface area (Å²) in [6.45, 7) is 24.9. The number of hydrogen-bond acceptors (Lipinski definition) is 12. The van der Waals surface area contributed by atoms with Gasteiger partial charge in [0, 0.05) is 62.2 Å². The Kier molecular flexibility index (Phi) is 21.2. The maximum absolute atomic E-state index is 14.9. The number of carbonyl (C=O) groups is 8. The number of unbranched alkanes of at least 4 members (excludes halogenated alkanes) is 1. The van der Waals surface area contributed by atoms with Crippen LogP contribution >= 0.6 is 0 Å². The quantitative estimate of drug-likeness (QED) is 0.0312. The number of carbonyl (C=O) groups excluding carboxylic acids is 7. The predicted octanol–water partition coefficient (Wildman–Crippen LogP) is 6.09. The van der Waals surface area contributed by atoms with E-state index in [0.29, 0.717) is 12.8 Å². The third kappa shape index (κ3) is 17.8. The molecule has 0 radical (unpaired) electrons. The number of carboxylic acids is 1. The van der Waals surface area contributed by atoms with Gasteiger partial charge < -0.3 is 50.5 Å². The van der Waals surface area contributed by atoms with Gasteiger partial charge in [-0.05, 0) is 97.1 Å². The van der Waals surface area contributed by atoms with Gasteiger partial charge in [0.1, 0.15) is 35.4 Å². The van der Waals surface area contributed by atoms with E-state index in [-0.39, 0.29) is 24.5 Å². The average molecular weight is 984 g/mol. The maximum Gasteiger partial charge on any atom is 0.410 e. The molecule has 19 heteroatoms. The Morgan fingerprint density at radius 3 is 1.96 bits per heavy atom. The van der Waals surface area contributed by atoms with Gasteiger partial charge in [0.05, 0.1) is 6.04 Å². The Bertz CT molecular complexity index is 2230. The molecule has 0 aliphatic carbocycles. The number of likely N-dealkylation sites (N-methyl/N-ethyl adjacent to an activating group) is 2. The number of nitrogens with two attached hydrogens (primary N) is 1. The molecule has 2 aromatic rings. The second kappa shape index (κ2) is 24.7. The van der Waals surface area contributed by atoms with E-state index in [1.807, 2.05) is 69.8 Å². The molecule has 0 unspecified atom stereocenters. The Hall–Kier alpha value is -5.98. The van der Waals surface area contributed by atoms with Crippen LogP contribution in [-0.2, 0) is 55.4 Å². The van der Waals surface area contributed by atoms with Gasteiger partial charge in [0.2, 0.25) is 17.7 Å². The zero-order chi connectivity index (χ0) is 53.9. The fraction of sp³-hybridized carbons (Fsp3) is 0.647. The first-order chi connectivity index (χ1) is 32.0. The Labute approximate surface area is 413 Å². The van der Waals surface area contributed by atoms with E-state index in [0.717, 1.165) is 16.5 Å². The minimum Gasteiger partial charge on any atom is -0.480 e. The summed E-state index contributed by atoms with van der Waals surface area (Å²) in [5.41, 5.74) is 4.27. The predicted molar refractivity (Wildman–Crippen MR) is 266 cm³/mol. The summed E-state index contributed by atoms with van der Waals surface area (Å²) < 4.78 is 17.7. The number of aromatic nitrogens is 1. The van der Waals surface area contributed by atoms with E-state index >= 15 is 0 Å². The van der Waals surface area contributed by atoms with Crippen LogP contribution in [-0.4, -0.2) is 129 Å². The van der Waals surface area contributed by atoms with Crippen molar-refractivity contribution in [3.63, 3.8) is 0 Å². The smallest absolute Gasteiger partial charge is 0.410 e. The monoisotopic (exact) mass is 984 g/mol. The molecule has 0 spiro atoms. The third-order valence-corrected chi connectivity index (χ3v) is 11.6. The molecule has 0 aliphatic heterocycles. The summed E-state index contributed by atoms with van der Waals surface area (Å²) in [6, 6.07) is 1.99. The van der Waals surface area contributed by atoms with Crippen molar-refractivity contribution in [2.45, 2.75) is 176 Å². The number of hydrogen-bond donors (Lipinski definition) is 5. The molecule has 5 amide bonds. The number of esters is 2. The molecule has 2 rings (SSSR count). The highest BCUT2D eigenvalue weighted by Gasteiger charge is 2.47. The molecule has 1 heterocycles. The number of nitrogens with zero attached hydrogens (tertiary/aromatic N) is 3. The lowest BCUT2D eigenvalue weighted by atomic mass is 9.76. The van der Waals surface area contributed by atoms with Gasteiger partial charge in [-0.3, -0.25) is 24.1 Å². The van der Waals surface area contributed by atoms with Crippen LogP contribution in [0.3, 0.4) is 0 Å². The van der Waals surface area contributed by atoms with Gasteiger partial charge >= 0.3 is 30.1 Å². The van der Waals surface area contributed by atoms with Crippen molar-refractivity contribution in [3.05, 3.63) is 47.7 Å². The Morgan fingerprint density at radius 2 is 1.41 bits per heavy atom. The van der Waals surface area contributed by atoms with Gasteiger partial charge in [0.15, 0.2) is 0 Å². The number of rotatable bonds is 21. The van der Waals surface area contributed by atoms with Crippen LogP contribution in [0.2, 0.25) is 0 Å². The lowest BCUT2D eigenvalue weighted by molar-refractivity contribution is -0.161. The molecule has 5 atom stereocenters.